The summed E-state index contributed by atoms with van der Waals surface area (Å²) in [5.74, 6) is 2.49. The molecule has 44 valence electrons. The molecule has 0 saturated heterocycles. The van der Waals surface area contributed by atoms with Gasteiger partial charge in [-0.25, -0.2) is 0 Å². The van der Waals surface area contributed by atoms with Gasteiger partial charge in [-0.05, 0) is 18.3 Å². The third-order valence-corrected chi connectivity index (χ3v) is 2.42. The molecule has 2 aliphatic carbocycles. The number of hydrogen-bond acceptors (Lipinski definition) is 0. The summed E-state index contributed by atoms with van der Waals surface area (Å²) in [6, 6.07) is 0. The van der Waals surface area contributed by atoms with Gasteiger partial charge in [0.25, 0.3) is 0 Å². The zero-order valence-corrected chi connectivity index (χ0v) is 6.01. The summed E-state index contributed by atoms with van der Waals surface area (Å²) in [5, 5.41) is 0. The predicted octanol–water partition coefficient (Wildman–Crippen LogP) is -0.963. The minimum absolute atomic E-state index is 0. The average Bonchev–Trinajstić information content (AvgIpc) is 2.23. The number of hydrogen-bond donors (Lipinski definition) is 0. The quantitative estimate of drug-likeness (QED) is 0.216. The first-order valence-corrected chi connectivity index (χ1v) is 3.37. The van der Waals surface area contributed by atoms with Crippen LogP contribution in [0.15, 0.2) is 12.2 Å². The van der Waals surface area contributed by atoms with Gasteiger partial charge in [0.05, 0.1) is 0 Å². The van der Waals surface area contributed by atoms with Gasteiger partial charge >= 0.3 is 18.9 Å². The van der Waals surface area contributed by atoms with E-state index in [0.717, 1.165) is 17.8 Å². The Morgan fingerprint density at radius 1 is 1.22 bits per heavy atom. The fourth-order valence-electron chi connectivity index (χ4n) is 1.89. The molecule has 0 radical (unpaired) electrons. The normalized spacial score (nSPS) is 45.2. The van der Waals surface area contributed by atoms with Gasteiger partial charge < -0.3 is 6.92 Å². The summed E-state index contributed by atoms with van der Waals surface area (Å²) in [5.41, 5.74) is 0. The van der Waals surface area contributed by atoms with E-state index in [-0.39, 0.29) is 18.9 Å². The molecule has 0 aromatic rings. The van der Waals surface area contributed by atoms with Crippen LogP contribution in [0.4, 0.5) is 0 Å². The Hall–Kier alpha value is 0.337. The van der Waals surface area contributed by atoms with Crippen LogP contribution in [-0.4, -0.2) is 0 Å². The SMILES string of the molecule is [CH2-][C@H]1C[C@@H]2C=C[C@H]1C2.[Li+]. The van der Waals surface area contributed by atoms with Crippen LogP contribution in [0.2, 0.25) is 0 Å². The first-order chi connectivity index (χ1) is 3.86. The van der Waals surface area contributed by atoms with Crippen molar-refractivity contribution in [2.75, 3.05) is 0 Å². The van der Waals surface area contributed by atoms with E-state index in [1.54, 1.807) is 0 Å². The molecular formula is C8H11Li. The smallest absolute Gasteiger partial charge is 0.340 e. The summed E-state index contributed by atoms with van der Waals surface area (Å²) in [6.07, 6.45) is 7.44. The van der Waals surface area contributed by atoms with Crippen LogP contribution < -0.4 is 18.9 Å². The molecule has 1 heteroatoms. The maximum absolute atomic E-state index is 4.07. The van der Waals surface area contributed by atoms with Gasteiger partial charge in [0, 0.05) is 0 Å². The van der Waals surface area contributed by atoms with Crippen LogP contribution in [-0.2, 0) is 0 Å². The van der Waals surface area contributed by atoms with Gasteiger partial charge in [0.1, 0.15) is 0 Å². The summed E-state index contributed by atoms with van der Waals surface area (Å²) in [6.45, 7) is 4.07. The molecule has 0 nitrogen and oxygen atoms in total. The standard InChI is InChI=1S/C8H11.Li/c1-6-4-7-2-3-8(6)5-7;/h2-3,6-8H,1,4-5H2;/q-1;+1/t6-,7-,8-;/m0./s1. The third kappa shape index (κ3) is 1.11. The Morgan fingerprint density at radius 3 is 2.22 bits per heavy atom. The molecule has 2 rings (SSSR count). The second-order valence-corrected chi connectivity index (χ2v) is 3.04. The topological polar surface area (TPSA) is 0 Å². The van der Waals surface area contributed by atoms with Crippen molar-refractivity contribution in [3.8, 4) is 0 Å². The van der Waals surface area contributed by atoms with E-state index in [2.05, 4.69) is 19.1 Å². The van der Waals surface area contributed by atoms with E-state index in [9.17, 15) is 0 Å². The molecule has 3 atom stereocenters. The van der Waals surface area contributed by atoms with Crippen molar-refractivity contribution < 1.29 is 18.9 Å². The van der Waals surface area contributed by atoms with Crippen LogP contribution >= 0.6 is 0 Å². The first-order valence-electron chi connectivity index (χ1n) is 3.37. The largest absolute Gasteiger partial charge is 1.00 e. The van der Waals surface area contributed by atoms with E-state index >= 15 is 0 Å². The molecule has 2 bridgehead atoms. The molecule has 2 aliphatic rings. The minimum atomic E-state index is 0. The molecule has 0 unspecified atom stereocenters. The summed E-state index contributed by atoms with van der Waals surface area (Å²) < 4.78 is 0. The van der Waals surface area contributed by atoms with Crippen molar-refractivity contribution in [3.63, 3.8) is 0 Å². The minimum Gasteiger partial charge on any atom is -0.340 e. The van der Waals surface area contributed by atoms with Crippen LogP contribution in [0.5, 0.6) is 0 Å². The molecule has 0 aromatic carbocycles. The van der Waals surface area contributed by atoms with Gasteiger partial charge in [-0.15, -0.1) is 0 Å². The van der Waals surface area contributed by atoms with Crippen molar-refractivity contribution in [2.24, 2.45) is 17.8 Å². The second kappa shape index (κ2) is 2.52. The Kier molecular flexibility index (Phi) is 2.09. The van der Waals surface area contributed by atoms with E-state index in [1.165, 1.54) is 12.8 Å². The summed E-state index contributed by atoms with van der Waals surface area (Å²) in [4.78, 5) is 0. The zero-order chi connectivity index (χ0) is 5.56. The first kappa shape index (κ1) is 7.44. The summed E-state index contributed by atoms with van der Waals surface area (Å²) >= 11 is 0. The molecule has 0 amide bonds. The van der Waals surface area contributed by atoms with Crippen LogP contribution in [0, 0.1) is 24.7 Å². The number of rotatable bonds is 0. The van der Waals surface area contributed by atoms with Gasteiger partial charge in [0.2, 0.25) is 0 Å². The Morgan fingerprint density at radius 2 is 2.00 bits per heavy atom. The number of fused-ring (bicyclic) bond motifs is 2. The number of allylic oxidation sites excluding steroid dienone is 2. The molecular weight excluding hydrogens is 103 g/mol. The molecule has 0 aromatic heterocycles. The van der Waals surface area contributed by atoms with Crippen molar-refractivity contribution in [1.82, 2.24) is 0 Å². The van der Waals surface area contributed by atoms with Crippen LogP contribution in [0.1, 0.15) is 12.8 Å². The molecule has 9 heavy (non-hydrogen) atoms. The predicted molar refractivity (Wildman–Crippen MR) is 34.2 cm³/mol. The van der Waals surface area contributed by atoms with Gasteiger partial charge in [-0.3, -0.25) is 0 Å². The molecule has 0 spiro atoms. The molecule has 1 saturated carbocycles. The average molecular weight is 114 g/mol. The van der Waals surface area contributed by atoms with Crippen LogP contribution in [0.3, 0.4) is 0 Å². The van der Waals surface area contributed by atoms with E-state index in [4.69, 9.17) is 0 Å². The molecule has 0 aliphatic heterocycles. The maximum atomic E-state index is 4.07. The van der Waals surface area contributed by atoms with Crippen molar-refractivity contribution >= 4 is 0 Å². The monoisotopic (exact) mass is 114 g/mol. The van der Waals surface area contributed by atoms with Crippen LogP contribution in [0.25, 0.3) is 0 Å². The van der Waals surface area contributed by atoms with Gasteiger partial charge in [-0.1, -0.05) is 18.6 Å². The maximum Gasteiger partial charge on any atom is 1.00 e. The molecule has 0 N–H and O–H groups in total. The Balaban J connectivity index is 0.000000405. The van der Waals surface area contributed by atoms with Crippen molar-refractivity contribution in [2.45, 2.75) is 12.8 Å². The van der Waals surface area contributed by atoms with Crippen molar-refractivity contribution in [3.05, 3.63) is 19.1 Å². The molecule has 0 heterocycles. The Labute approximate surface area is 68.9 Å². The van der Waals surface area contributed by atoms with Gasteiger partial charge in [0.15, 0.2) is 0 Å². The second-order valence-electron chi connectivity index (χ2n) is 3.04. The van der Waals surface area contributed by atoms with E-state index < -0.39 is 0 Å². The fourth-order valence-corrected chi connectivity index (χ4v) is 1.89. The zero-order valence-electron chi connectivity index (χ0n) is 6.01. The van der Waals surface area contributed by atoms with Gasteiger partial charge in [-0.2, -0.15) is 5.92 Å². The molecule has 1 fully saturated rings. The van der Waals surface area contributed by atoms with E-state index in [0.29, 0.717) is 0 Å². The fraction of sp³-hybridized carbons (Fsp3) is 0.625. The third-order valence-electron chi connectivity index (χ3n) is 2.42. The summed E-state index contributed by atoms with van der Waals surface area (Å²) in [7, 11) is 0. The van der Waals surface area contributed by atoms with Crippen molar-refractivity contribution in [1.29, 1.82) is 0 Å². The van der Waals surface area contributed by atoms with E-state index in [1.807, 2.05) is 0 Å². The Bertz CT molecular complexity index is 129.